The maximum atomic E-state index is 12.2. The molecule has 1 aliphatic rings. The van der Waals surface area contributed by atoms with Gasteiger partial charge in [0.15, 0.2) is 6.61 Å². The number of amides is 2. The van der Waals surface area contributed by atoms with Gasteiger partial charge in [0.2, 0.25) is 5.91 Å². The zero-order chi connectivity index (χ0) is 18.4. The standard InChI is InChI=1S/C21H24N2O3/c1-16-7-9-19(10-8-16)26-15-20(24)22-12-18-11-21(25)23(14-18)13-17-5-3-2-4-6-17/h2-10,18H,11-15H2,1H3,(H,22,24). The van der Waals surface area contributed by atoms with Gasteiger partial charge in [0.1, 0.15) is 5.75 Å². The third-order valence-corrected chi connectivity index (χ3v) is 4.49. The lowest BCUT2D eigenvalue weighted by Gasteiger charge is -2.17. The minimum absolute atomic E-state index is 0.0164. The second kappa shape index (κ2) is 8.52. The van der Waals surface area contributed by atoms with Gasteiger partial charge in [0, 0.05) is 32.0 Å². The Morgan fingerprint density at radius 2 is 1.88 bits per heavy atom. The largest absolute Gasteiger partial charge is 0.484 e. The van der Waals surface area contributed by atoms with Gasteiger partial charge in [0.25, 0.3) is 5.91 Å². The summed E-state index contributed by atoms with van der Waals surface area (Å²) in [6.45, 7) is 3.78. The van der Waals surface area contributed by atoms with E-state index in [2.05, 4.69) is 5.32 Å². The van der Waals surface area contributed by atoms with E-state index in [1.165, 1.54) is 0 Å². The van der Waals surface area contributed by atoms with Crippen molar-refractivity contribution in [2.75, 3.05) is 19.7 Å². The Balaban J connectivity index is 1.40. The molecule has 2 aromatic carbocycles. The molecule has 0 aromatic heterocycles. The van der Waals surface area contributed by atoms with Crippen LogP contribution in [0.1, 0.15) is 17.5 Å². The van der Waals surface area contributed by atoms with Crippen molar-refractivity contribution in [1.29, 1.82) is 0 Å². The quantitative estimate of drug-likeness (QED) is 0.833. The Hall–Kier alpha value is -2.82. The first-order chi connectivity index (χ1) is 12.6. The number of hydrogen-bond acceptors (Lipinski definition) is 3. The molecule has 1 heterocycles. The van der Waals surface area contributed by atoms with Gasteiger partial charge >= 0.3 is 0 Å². The lowest BCUT2D eigenvalue weighted by Crippen LogP contribution is -2.34. The summed E-state index contributed by atoms with van der Waals surface area (Å²) < 4.78 is 5.47. The van der Waals surface area contributed by atoms with Crippen LogP contribution in [-0.2, 0) is 16.1 Å². The summed E-state index contributed by atoms with van der Waals surface area (Å²) in [5.74, 6) is 0.800. The van der Waals surface area contributed by atoms with Crippen LogP contribution in [0.15, 0.2) is 54.6 Å². The molecule has 1 N–H and O–H groups in total. The Labute approximate surface area is 154 Å². The van der Waals surface area contributed by atoms with Gasteiger partial charge in [-0.2, -0.15) is 0 Å². The molecule has 1 saturated heterocycles. The van der Waals surface area contributed by atoms with Crippen molar-refractivity contribution in [1.82, 2.24) is 10.2 Å². The molecule has 136 valence electrons. The monoisotopic (exact) mass is 352 g/mol. The molecule has 1 fully saturated rings. The molecule has 1 atom stereocenters. The van der Waals surface area contributed by atoms with Crippen molar-refractivity contribution in [3.8, 4) is 5.75 Å². The van der Waals surface area contributed by atoms with E-state index in [0.717, 1.165) is 11.1 Å². The summed E-state index contributed by atoms with van der Waals surface area (Å²) in [4.78, 5) is 26.0. The third kappa shape index (κ3) is 5.09. The van der Waals surface area contributed by atoms with Crippen LogP contribution in [0, 0.1) is 12.8 Å². The van der Waals surface area contributed by atoms with Crippen LogP contribution in [0.3, 0.4) is 0 Å². The molecule has 3 rings (SSSR count). The average Bonchev–Trinajstić information content (AvgIpc) is 3.00. The molecule has 2 aromatic rings. The van der Waals surface area contributed by atoms with Gasteiger partial charge in [-0.1, -0.05) is 48.0 Å². The van der Waals surface area contributed by atoms with Crippen molar-refractivity contribution in [2.24, 2.45) is 5.92 Å². The molecule has 0 saturated carbocycles. The van der Waals surface area contributed by atoms with Gasteiger partial charge in [-0.15, -0.1) is 0 Å². The lowest BCUT2D eigenvalue weighted by atomic mass is 10.1. The normalized spacial score (nSPS) is 16.6. The number of rotatable bonds is 7. The smallest absolute Gasteiger partial charge is 0.257 e. The van der Waals surface area contributed by atoms with Gasteiger partial charge < -0.3 is 15.0 Å². The molecular formula is C21H24N2O3. The number of benzene rings is 2. The van der Waals surface area contributed by atoms with E-state index in [0.29, 0.717) is 31.8 Å². The Morgan fingerprint density at radius 3 is 2.62 bits per heavy atom. The number of nitrogens with one attached hydrogen (secondary N) is 1. The number of carbonyl (C=O) groups is 2. The molecule has 5 nitrogen and oxygen atoms in total. The molecule has 5 heteroatoms. The molecule has 0 aliphatic carbocycles. The van der Waals surface area contributed by atoms with E-state index in [1.54, 1.807) is 0 Å². The first kappa shape index (κ1) is 18.0. The number of ether oxygens (including phenoxy) is 1. The number of likely N-dealkylation sites (tertiary alicyclic amines) is 1. The van der Waals surface area contributed by atoms with Crippen LogP contribution in [-0.4, -0.2) is 36.4 Å². The second-order valence-electron chi connectivity index (χ2n) is 6.74. The van der Waals surface area contributed by atoms with Gasteiger partial charge in [-0.3, -0.25) is 9.59 Å². The van der Waals surface area contributed by atoms with Crippen LogP contribution < -0.4 is 10.1 Å². The zero-order valence-electron chi connectivity index (χ0n) is 15.0. The Kier molecular flexibility index (Phi) is 5.89. The molecule has 0 bridgehead atoms. The maximum absolute atomic E-state index is 12.2. The van der Waals surface area contributed by atoms with Crippen LogP contribution in [0.4, 0.5) is 0 Å². The molecular weight excluding hydrogens is 328 g/mol. The van der Waals surface area contributed by atoms with Crippen molar-refractivity contribution in [2.45, 2.75) is 19.9 Å². The van der Waals surface area contributed by atoms with Crippen molar-refractivity contribution in [3.63, 3.8) is 0 Å². The van der Waals surface area contributed by atoms with Crippen molar-refractivity contribution in [3.05, 3.63) is 65.7 Å². The number of hydrogen-bond donors (Lipinski definition) is 1. The van der Waals surface area contributed by atoms with E-state index in [4.69, 9.17) is 4.74 Å². The highest BCUT2D eigenvalue weighted by Crippen LogP contribution is 2.19. The first-order valence-electron chi connectivity index (χ1n) is 8.88. The fourth-order valence-electron chi connectivity index (χ4n) is 3.04. The number of carbonyl (C=O) groups excluding carboxylic acids is 2. The predicted octanol–water partition coefficient (Wildman–Crippen LogP) is 2.54. The summed E-state index contributed by atoms with van der Waals surface area (Å²) in [7, 11) is 0. The molecule has 0 radical (unpaired) electrons. The maximum Gasteiger partial charge on any atom is 0.257 e. The molecule has 1 unspecified atom stereocenters. The molecule has 26 heavy (non-hydrogen) atoms. The average molecular weight is 352 g/mol. The minimum Gasteiger partial charge on any atom is -0.484 e. The van der Waals surface area contributed by atoms with Crippen molar-refractivity contribution >= 4 is 11.8 Å². The summed E-state index contributed by atoms with van der Waals surface area (Å²) in [5.41, 5.74) is 2.27. The van der Waals surface area contributed by atoms with Crippen molar-refractivity contribution < 1.29 is 14.3 Å². The fraction of sp³-hybridized carbons (Fsp3) is 0.333. The highest BCUT2D eigenvalue weighted by Gasteiger charge is 2.29. The molecule has 1 aliphatic heterocycles. The zero-order valence-corrected chi connectivity index (χ0v) is 15.0. The summed E-state index contributed by atoms with van der Waals surface area (Å²) in [6.07, 6.45) is 0.478. The van der Waals surface area contributed by atoms with Crippen LogP contribution in [0.2, 0.25) is 0 Å². The summed E-state index contributed by atoms with van der Waals surface area (Å²) >= 11 is 0. The van der Waals surface area contributed by atoms with Gasteiger partial charge in [-0.25, -0.2) is 0 Å². The predicted molar refractivity (Wildman–Crippen MR) is 99.6 cm³/mol. The topological polar surface area (TPSA) is 58.6 Å². The summed E-state index contributed by atoms with van der Waals surface area (Å²) in [5, 5.41) is 2.87. The number of aryl methyl sites for hydroxylation is 1. The van der Waals surface area contributed by atoms with Gasteiger partial charge in [-0.05, 0) is 24.6 Å². The van der Waals surface area contributed by atoms with Gasteiger partial charge in [0.05, 0.1) is 0 Å². The fourth-order valence-corrected chi connectivity index (χ4v) is 3.04. The highest BCUT2D eigenvalue weighted by atomic mass is 16.5. The van der Waals surface area contributed by atoms with Crippen LogP contribution >= 0.6 is 0 Å². The van der Waals surface area contributed by atoms with E-state index >= 15 is 0 Å². The van der Waals surface area contributed by atoms with E-state index in [-0.39, 0.29) is 24.3 Å². The van der Waals surface area contributed by atoms with Crippen LogP contribution in [0.5, 0.6) is 5.75 Å². The third-order valence-electron chi connectivity index (χ3n) is 4.49. The van der Waals surface area contributed by atoms with E-state index in [1.807, 2.05) is 66.4 Å². The Morgan fingerprint density at radius 1 is 1.15 bits per heavy atom. The second-order valence-corrected chi connectivity index (χ2v) is 6.74. The highest BCUT2D eigenvalue weighted by molar-refractivity contribution is 5.79. The summed E-state index contributed by atoms with van der Waals surface area (Å²) in [6, 6.07) is 17.5. The minimum atomic E-state index is -0.167. The number of nitrogens with zero attached hydrogens (tertiary/aromatic N) is 1. The lowest BCUT2D eigenvalue weighted by molar-refractivity contribution is -0.128. The SMILES string of the molecule is Cc1ccc(OCC(=O)NCC2CC(=O)N(Cc3ccccc3)C2)cc1. The molecule has 0 spiro atoms. The Bertz CT molecular complexity index is 744. The van der Waals surface area contributed by atoms with E-state index < -0.39 is 0 Å². The molecule has 2 amide bonds. The van der Waals surface area contributed by atoms with E-state index in [9.17, 15) is 9.59 Å². The first-order valence-corrected chi connectivity index (χ1v) is 8.88. The van der Waals surface area contributed by atoms with Crippen LogP contribution in [0.25, 0.3) is 0 Å².